The van der Waals surface area contributed by atoms with Crippen LogP contribution in [0.2, 0.25) is 0 Å². The zero-order chi connectivity index (χ0) is 55.2. The minimum Gasteiger partial charge on any atom is -0.469 e. The molecule has 77 heavy (non-hydrogen) atoms. The van der Waals surface area contributed by atoms with Gasteiger partial charge < -0.3 is 33.2 Å². The molecule has 2 N–H and O–H groups in total. The average molecular weight is 1080 g/mol. The first-order chi connectivity index (χ1) is 36.7. The zero-order valence-electron chi connectivity index (χ0n) is 42.4. The van der Waals surface area contributed by atoms with Crippen molar-refractivity contribution < 1.29 is 73.1 Å². The van der Waals surface area contributed by atoms with Crippen molar-refractivity contribution in [2.75, 3.05) is 14.2 Å². The Kier molecular flexibility index (Phi) is 17.3. The summed E-state index contributed by atoms with van der Waals surface area (Å²) in [5.41, 5.74) is 5.27. The molecular formula is C57H54BF5N2O11S. The molecule has 2 aromatic heterocycles. The van der Waals surface area contributed by atoms with E-state index in [-0.39, 0.29) is 35.4 Å². The minimum absolute atomic E-state index is 0.120. The molecule has 2 unspecified atom stereocenters. The molecule has 402 valence electrons. The van der Waals surface area contributed by atoms with E-state index >= 15 is 0 Å². The number of rotatable bonds is 12. The molecular weight excluding hydrogens is 1030 g/mol. The second-order valence-electron chi connectivity index (χ2n) is 19.0. The molecule has 4 heterocycles. The van der Waals surface area contributed by atoms with Crippen LogP contribution in [0.4, 0.5) is 22.0 Å². The quantitative estimate of drug-likeness (QED) is 0.0225. The van der Waals surface area contributed by atoms with Crippen molar-refractivity contribution in [3.8, 4) is 34.0 Å². The SMILES string of the molecule is COC(=O)/C=C(\OS(=O)(=O)C(F)(F)F)C1CC1.COC(=O)/C=C(\c1ccc2c(n1)OC(c1ccc(-c3cc(C)ccc3F)cc1)CC2)C1CC1.Cc1ccc(F)c(-c2ccc(C3CCc4ccc(B(O)O)nc4O3)cc2)c1. The molecule has 2 saturated carbocycles. The highest BCUT2D eigenvalue weighted by molar-refractivity contribution is 7.87. The van der Waals surface area contributed by atoms with E-state index in [1.807, 2.05) is 92.7 Å². The van der Waals surface area contributed by atoms with Crippen LogP contribution < -0.4 is 15.1 Å². The van der Waals surface area contributed by atoms with Crippen LogP contribution in [0.15, 0.2) is 127 Å². The Morgan fingerprint density at radius 3 is 1.56 bits per heavy atom. The Balaban J connectivity index is 0.000000161. The maximum absolute atomic E-state index is 14.3. The molecule has 2 atom stereocenters. The van der Waals surface area contributed by atoms with Gasteiger partial charge in [-0.15, -0.1) is 0 Å². The molecule has 10 rings (SSSR count). The number of alkyl halides is 3. The number of ether oxygens (including phenoxy) is 4. The Bertz CT molecular complexity index is 3310. The number of hydrogen-bond acceptors (Lipinski definition) is 13. The number of aromatic nitrogens is 2. The summed E-state index contributed by atoms with van der Waals surface area (Å²) in [7, 11) is -4.95. The third-order valence-electron chi connectivity index (χ3n) is 13.2. The highest BCUT2D eigenvalue weighted by Crippen LogP contribution is 2.44. The fourth-order valence-electron chi connectivity index (χ4n) is 8.66. The second-order valence-corrected chi connectivity index (χ2v) is 20.5. The number of methoxy groups -OCH3 is 2. The van der Waals surface area contributed by atoms with Crippen LogP contribution >= 0.6 is 0 Å². The van der Waals surface area contributed by atoms with Crippen LogP contribution in [-0.4, -0.2) is 67.2 Å². The van der Waals surface area contributed by atoms with Crippen molar-refractivity contribution in [1.29, 1.82) is 0 Å². The monoisotopic (exact) mass is 1080 g/mol. The average Bonchev–Trinajstić information content (AvgIpc) is 4.38. The minimum atomic E-state index is -5.73. The first kappa shape index (κ1) is 55.8. The van der Waals surface area contributed by atoms with Crippen LogP contribution in [0, 0.1) is 37.3 Å². The van der Waals surface area contributed by atoms with Gasteiger partial charge in [-0.25, -0.2) is 28.3 Å². The van der Waals surface area contributed by atoms with Crippen LogP contribution in [0.1, 0.15) is 89.8 Å². The van der Waals surface area contributed by atoms with Crippen molar-refractivity contribution in [2.45, 2.75) is 82.9 Å². The summed E-state index contributed by atoms with van der Waals surface area (Å²) in [6.07, 6.45) is 8.22. The van der Waals surface area contributed by atoms with Gasteiger partial charge in [0.2, 0.25) is 11.8 Å². The first-order valence-corrected chi connectivity index (χ1v) is 26.1. The molecule has 0 bridgehead atoms. The topological polar surface area (TPSA) is 181 Å². The van der Waals surface area contributed by atoms with E-state index in [4.69, 9.17) is 19.2 Å². The van der Waals surface area contributed by atoms with E-state index in [1.54, 1.807) is 24.3 Å². The number of pyridine rings is 2. The van der Waals surface area contributed by atoms with Gasteiger partial charge in [-0.2, -0.15) is 21.6 Å². The normalized spacial score (nSPS) is 17.1. The summed E-state index contributed by atoms with van der Waals surface area (Å²) >= 11 is 0. The highest BCUT2D eigenvalue weighted by Gasteiger charge is 2.50. The Hall–Kier alpha value is -7.42. The van der Waals surface area contributed by atoms with Gasteiger partial charge in [-0.1, -0.05) is 83.9 Å². The standard InChI is InChI=1S/C28H26FNO3.C21H19BFNO3.C8H9F3O5S/c1-17-3-12-24(29)22(15-17)18-6-8-20(9-7-18)26-14-11-21-10-13-25(30-28(21)33-26)23(19-4-5-19)16-27(31)32-2;1-13-2-9-18(23)17(12-13)14-3-5-15(6-4-14)19-10-7-16-8-11-20(22(25)26)24-21(16)27-19;1-15-7(12)4-6(5-2-3-5)16-17(13,14)8(9,10)11/h3,6-10,12-13,15-16,19,26H,4-5,11,14H2,1-2H3;2-6,8-9,11-12,19,25-26H,7,10H2,1H3;4-5H,2-3H2,1H3/b23-16-;;6-4-. The number of halogens is 5. The molecule has 6 aromatic rings. The number of hydrogen-bond donors (Lipinski definition) is 2. The number of aryl methyl sites for hydroxylation is 4. The number of nitrogens with zero attached hydrogens (tertiary/aromatic N) is 2. The van der Waals surface area contributed by atoms with Crippen molar-refractivity contribution in [3.63, 3.8) is 0 Å². The smallest absolute Gasteiger partial charge is 0.469 e. The third kappa shape index (κ3) is 14.2. The van der Waals surface area contributed by atoms with E-state index in [2.05, 4.69) is 13.9 Å². The summed E-state index contributed by atoms with van der Waals surface area (Å²) in [5, 5.41) is 18.6. The molecule has 4 aliphatic rings. The molecule has 0 radical (unpaired) electrons. The van der Waals surface area contributed by atoms with Crippen molar-refractivity contribution >= 4 is 40.3 Å². The van der Waals surface area contributed by atoms with E-state index < -0.39 is 40.4 Å². The number of fused-ring (bicyclic) bond motifs is 2. The number of allylic oxidation sites excluding steroid dienone is 2. The van der Waals surface area contributed by atoms with Gasteiger partial charge >= 0.3 is 34.7 Å². The second kappa shape index (κ2) is 23.9. The summed E-state index contributed by atoms with van der Waals surface area (Å²) in [6.45, 7) is 3.90. The predicted molar refractivity (Wildman–Crippen MR) is 276 cm³/mol. The van der Waals surface area contributed by atoms with Gasteiger partial charge in [0.05, 0.1) is 31.6 Å². The Morgan fingerprint density at radius 2 is 1.10 bits per heavy atom. The third-order valence-corrected chi connectivity index (χ3v) is 14.2. The first-order valence-electron chi connectivity index (χ1n) is 24.7. The largest absolute Gasteiger partial charge is 0.534 e. The van der Waals surface area contributed by atoms with Gasteiger partial charge in [-0.3, -0.25) is 0 Å². The lowest BCUT2D eigenvalue weighted by molar-refractivity contribution is -0.135. The van der Waals surface area contributed by atoms with Crippen LogP contribution in [-0.2, 0) is 46.2 Å². The Labute approximate surface area is 442 Å². The lowest BCUT2D eigenvalue weighted by atomic mass is 9.85. The molecule has 0 spiro atoms. The summed E-state index contributed by atoms with van der Waals surface area (Å²) < 4.78 is 111. The highest BCUT2D eigenvalue weighted by atomic mass is 32.2. The van der Waals surface area contributed by atoms with E-state index in [0.717, 1.165) is 101 Å². The molecule has 0 saturated heterocycles. The lowest BCUT2D eigenvalue weighted by Crippen LogP contribution is -2.33. The fraction of sp³-hybridized carbons (Fsp3) is 0.298. The number of carbonyl (C=O) groups is 2. The van der Waals surface area contributed by atoms with Crippen LogP contribution in [0.25, 0.3) is 27.8 Å². The van der Waals surface area contributed by atoms with Gasteiger partial charge in [0.25, 0.3) is 0 Å². The van der Waals surface area contributed by atoms with E-state index in [1.165, 1.54) is 19.2 Å². The van der Waals surface area contributed by atoms with E-state index in [0.29, 0.717) is 47.7 Å². The van der Waals surface area contributed by atoms with Crippen LogP contribution in [0.5, 0.6) is 11.8 Å². The van der Waals surface area contributed by atoms with Crippen LogP contribution in [0.3, 0.4) is 0 Å². The van der Waals surface area contributed by atoms with Gasteiger partial charge in [-0.05, 0) is 135 Å². The summed E-state index contributed by atoms with van der Waals surface area (Å²) in [4.78, 5) is 31.7. The summed E-state index contributed by atoms with van der Waals surface area (Å²) in [6, 6.07) is 33.2. The Morgan fingerprint density at radius 1 is 0.636 bits per heavy atom. The predicted octanol–water partition coefficient (Wildman–Crippen LogP) is 10.5. The number of benzene rings is 4. The molecule has 2 fully saturated rings. The molecule has 2 aliphatic carbocycles. The van der Waals surface area contributed by atoms with E-state index in [9.17, 15) is 50.0 Å². The number of esters is 2. The maximum Gasteiger partial charge on any atom is 0.534 e. The molecule has 4 aromatic carbocycles. The van der Waals surface area contributed by atoms with Gasteiger partial charge in [0.15, 0.2) is 0 Å². The van der Waals surface area contributed by atoms with Gasteiger partial charge in [0, 0.05) is 34.2 Å². The fourth-order valence-corrected chi connectivity index (χ4v) is 9.19. The van der Waals surface area contributed by atoms with Crippen molar-refractivity contribution in [3.05, 3.63) is 178 Å². The molecule has 13 nitrogen and oxygen atoms in total. The molecule has 0 amide bonds. The summed E-state index contributed by atoms with van der Waals surface area (Å²) in [5.74, 6) is -1.40. The molecule has 2 aliphatic heterocycles. The lowest BCUT2D eigenvalue weighted by Gasteiger charge is -2.26. The maximum atomic E-state index is 14.3. The number of carbonyl (C=O) groups excluding carboxylic acids is 2. The molecule has 20 heteroatoms. The zero-order valence-corrected chi connectivity index (χ0v) is 43.2. The van der Waals surface area contributed by atoms with Crippen molar-refractivity contribution in [2.24, 2.45) is 11.8 Å². The van der Waals surface area contributed by atoms with Gasteiger partial charge in [0.1, 0.15) is 29.6 Å². The van der Waals surface area contributed by atoms with Crippen molar-refractivity contribution in [1.82, 2.24) is 9.97 Å².